The molecule has 3 nitrogen and oxygen atoms in total. The molecule has 0 bridgehead atoms. The molecular formula is C15H23ClN2O. The lowest BCUT2D eigenvalue weighted by Gasteiger charge is -2.24. The molecule has 4 heteroatoms. The molecule has 0 unspecified atom stereocenters. The fraction of sp³-hybridized carbons (Fsp3) is 0.600. The van der Waals surface area contributed by atoms with Crippen LogP contribution in [0.1, 0.15) is 32.3 Å². The van der Waals surface area contributed by atoms with Crippen molar-refractivity contribution >= 4 is 17.3 Å². The van der Waals surface area contributed by atoms with Crippen molar-refractivity contribution in [3.05, 3.63) is 28.8 Å². The second kappa shape index (κ2) is 6.60. The van der Waals surface area contributed by atoms with Crippen LogP contribution in [0.3, 0.4) is 0 Å². The van der Waals surface area contributed by atoms with Crippen molar-refractivity contribution in [1.82, 2.24) is 5.32 Å². The highest BCUT2D eigenvalue weighted by molar-refractivity contribution is 6.31. The lowest BCUT2D eigenvalue weighted by Crippen LogP contribution is -2.29. The van der Waals surface area contributed by atoms with E-state index >= 15 is 0 Å². The fourth-order valence-corrected chi connectivity index (χ4v) is 2.43. The molecule has 1 aliphatic carbocycles. The standard InChI is InChI=1S/C15H23ClN2O/c1-11(2)17-10-12-3-4-14(9-15(12)16)18(7-8-19)13-5-6-13/h3-4,9,11,13,17,19H,5-8,10H2,1-2H3. The first-order valence-corrected chi connectivity index (χ1v) is 7.39. The van der Waals surface area contributed by atoms with Crippen LogP contribution in [0.2, 0.25) is 5.02 Å². The predicted molar refractivity (Wildman–Crippen MR) is 80.9 cm³/mol. The third-order valence-electron chi connectivity index (χ3n) is 3.40. The average Bonchev–Trinajstić information content (AvgIpc) is 3.18. The Labute approximate surface area is 120 Å². The summed E-state index contributed by atoms with van der Waals surface area (Å²) in [6.45, 7) is 5.91. The molecule has 0 amide bonds. The van der Waals surface area contributed by atoms with Crippen molar-refractivity contribution in [2.45, 2.75) is 45.3 Å². The SMILES string of the molecule is CC(C)NCc1ccc(N(CCO)C2CC2)cc1Cl. The summed E-state index contributed by atoms with van der Waals surface area (Å²) in [6, 6.07) is 7.25. The summed E-state index contributed by atoms with van der Waals surface area (Å²) >= 11 is 6.35. The number of hydrogen-bond acceptors (Lipinski definition) is 3. The topological polar surface area (TPSA) is 35.5 Å². The molecule has 0 saturated heterocycles. The smallest absolute Gasteiger partial charge is 0.0606 e. The van der Waals surface area contributed by atoms with Crippen LogP contribution in [-0.4, -0.2) is 30.3 Å². The Hall–Kier alpha value is -0.770. The molecule has 1 fully saturated rings. The quantitative estimate of drug-likeness (QED) is 0.807. The van der Waals surface area contributed by atoms with E-state index in [2.05, 4.69) is 36.2 Å². The molecule has 0 aromatic heterocycles. The molecule has 0 heterocycles. The second-order valence-corrected chi connectivity index (χ2v) is 5.87. The van der Waals surface area contributed by atoms with Gasteiger partial charge in [0.1, 0.15) is 0 Å². The maximum atomic E-state index is 9.16. The van der Waals surface area contributed by atoms with Gasteiger partial charge in [-0.2, -0.15) is 0 Å². The zero-order valence-electron chi connectivity index (χ0n) is 11.7. The third kappa shape index (κ3) is 4.10. The molecule has 2 N–H and O–H groups in total. The average molecular weight is 283 g/mol. The molecule has 1 aliphatic rings. The van der Waals surface area contributed by atoms with Gasteiger partial charge < -0.3 is 15.3 Å². The summed E-state index contributed by atoms with van der Waals surface area (Å²) in [5.74, 6) is 0. The molecule has 19 heavy (non-hydrogen) atoms. The molecule has 106 valence electrons. The Kier molecular flexibility index (Phi) is 5.08. The molecule has 0 radical (unpaired) electrons. The molecule has 1 saturated carbocycles. The van der Waals surface area contributed by atoms with Crippen LogP contribution in [0.5, 0.6) is 0 Å². The molecule has 0 atom stereocenters. The van der Waals surface area contributed by atoms with Crippen LogP contribution in [0, 0.1) is 0 Å². The van der Waals surface area contributed by atoms with Crippen LogP contribution in [0.15, 0.2) is 18.2 Å². The zero-order chi connectivity index (χ0) is 13.8. The Balaban J connectivity index is 2.08. The van der Waals surface area contributed by atoms with E-state index in [-0.39, 0.29) is 6.61 Å². The molecule has 0 spiro atoms. The van der Waals surface area contributed by atoms with Gasteiger partial charge in [-0.05, 0) is 30.5 Å². The minimum atomic E-state index is 0.185. The first-order chi connectivity index (χ1) is 9.11. The summed E-state index contributed by atoms with van der Waals surface area (Å²) in [5, 5.41) is 13.3. The van der Waals surface area contributed by atoms with Crippen molar-refractivity contribution in [1.29, 1.82) is 0 Å². The zero-order valence-corrected chi connectivity index (χ0v) is 12.5. The number of benzene rings is 1. The number of anilines is 1. The number of hydrogen-bond donors (Lipinski definition) is 2. The van der Waals surface area contributed by atoms with E-state index in [4.69, 9.17) is 16.7 Å². The van der Waals surface area contributed by atoms with Gasteiger partial charge in [-0.25, -0.2) is 0 Å². The van der Waals surface area contributed by atoms with E-state index in [1.54, 1.807) is 0 Å². The number of rotatable bonds is 7. The summed E-state index contributed by atoms with van der Waals surface area (Å²) < 4.78 is 0. The minimum absolute atomic E-state index is 0.185. The number of nitrogens with zero attached hydrogens (tertiary/aromatic N) is 1. The minimum Gasteiger partial charge on any atom is -0.395 e. The van der Waals surface area contributed by atoms with Gasteiger partial charge in [0.15, 0.2) is 0 Å². The highest BCUT2D eigenvalue weighted by Crippen LogP contribution is 2.33. The fourth-order valence-electron chi connectivity index (χ4n) is 2.19. The lowest BCUT2D eigenvalue weighted by atomic mass is 10.1. The summed E-state index contributed by atoms with van der Waals surface area (Å²) in [7, 11) is 0. The molecule has 2 rings (SSSR count). The van der Waals surface area contributed by atoms with E-state index in [0.717, 1.165) is 22.8 Å². The van der Waals surface area contributed by atoms with Gasteiger partial charge in [0.2, 0.25) is 0 Å². The van der Waals surface area contributed by atoms with E-state index in [9.17, 15) is 0 Å². The number of nitrogens with one attached hydrogen (secondary N) is 1. The summed E-state index contributed by atoms with van der Waals surface area (Å²) in [5.41, 5.74) is 2.24. The van der Waals surface area contributed by atoms with E-state index in [1.165, 1.54) is 12.8 Å². The Morgan fingerprint density at radius 1 is 1.42 bits per heavy atom. The third-order valence-corrected chi connectivity index (χ3v) is 3.75. The molecular weight excluding hydrogens is 260 g/mol. The van der Waals surface area contributed by atoms with E-state index in [0.29, 0.717) is 18.6 Å². The summed E-state index contributed by atoms with van der Waals surface area (Å²) in [6.07, 6.45) is 2.43. The van der Waals surface area contributed by atoms with Gasteiger partial charge in [-0.1, -0.05) is 31.5 Å². The number of aliphatic hydroxyl groups excluding tert-OH is 1. The Morgan fingerprint density at radius 3 is 2.68 bits per heavy atom. The predicted octanol–water partition coefficient (Wildman–Crippen LogP) is 2.80. The molecule has 1 aromatic carbocycles. The first-order valence-electron chi connectivity index (χ1n) is 7.01. The summed E-state index contributed by atoms with van der Waals surface area (Å²) in [4.78, 5) is 2.26. The van der Waals surface area contributed by atoms with Crippen LogP contribution < -0.4 is 10.2 Å². The highest BCUT2D eigenvalue weighted by atomic mass is 35.5. The van der Waals surface area contributed by atoms with Gasteiger partial charge in [0.05, 0.1) is 6.61 Å². The van der Waals surface area contributed by atoms with Crippen LogP contribution >= 0.6 is 11.6 Å². The first kappa shape index (κ1) is 14.6. The molecule has 0 aliphatic heterocycles. The van der Waals surface area contributed by atoms with Gasteiger partial charge in [-0.3, -0.25) is 0 Å². The maximum Gasteiger partial charge on any atom is 0.0606 e. The monoisotopic (exact) mass is 282 g/mol. The Morgan fingerprint density at radius 2 is 2.16 bits per heavy atom. The van der Waals surface area contributed by atoms with Gasteiger partial charge >= 0.3 is 0 Å². The van der Waals surface area contributed by atoms with Gasteiger partial charge in [0.25, 0.3) is 0 Å². The van der Waals surface area contributed by atoms with Crippen LogP contribution in [0.4, 0.5) is 5.69 Å². The van der Waals surface area contributed by atoms with Crippen molar-refractivity contribution in [2.24, 2.45) is 0 Å². The number of halogens is 1. The van der Waals surface area contributed by atoms with E-state index in [1.807, 2.05) is 6.07 Å². The second-order valence-electron chi connectivity index (χ2n) is 5.46. The largest absolute Gasteiger partial charge is 0.395 e. The van der Waals surface area contributed by atoms with Gasteiger partial charge in [-0.15, -0.1) is 0 Å². The van der Waals surface area contributed by atoms with Crippen molar-refractivity contribution in [3.8, 4) is 0 Å². The van der Waals surface area contributed by atoms with Crippen molar-refractivity contribution in [2.75, 3.05) is 18.1 Å². The number of aliphatic hydroxyl groups is 1. The van der Waals surface area contributed by atoms with Crippen molar-refractivity contribution < 1.29 is 5.11 Å². The molecule has 1 aromatic rings. The van der Waals surface area contributed by atoms with E-state index < -0.39 is 0 Å². The normalized spacial score (nSPS) is 15.0. The lowest BCUT2D eigenvalue weighted by molar-refractivity contribution is 0.301. The Bertz CT molecular complexity index is 419. The maximum absolute atomic E-state index is 9.16. The van der Waals surface area contributed by atoms with Crippen molar-refractivity contribution in [3.63, 3.8) is 0 Å². The van der Waals surface area contributed by atoms with Gasteiger partial charge in [0, 0.05) is 35.9 Å². The van der Waals surface area contributed by atoms with Crippen LogP contribution in [-0.2, 0) is 6.54 Å². The van der Waals surface area contributed by atoms with Crippen LogP contribution in [0.25, 0.3) is 0 Å². The highest BCUT2D eigenvalue weighted by Gasteiger charge is 2.29.